The van der Waals surface area contributed by atoms with Gasteiger partial charge in [0.1, 0.15) is 0 Å². The van der Waals surface area contributed by atoms with Crippen molar-refractivity contribution >= 4 is 10.2 Å². The molecule has 1 unspecified atom stereocenters. The summed E-state index contributed by atoms with van der Waals surface area (Å²) < 4.78 is 0.970. The summed E-state index contributed by atoms with van der Waals surface area (Å²) in [5, 5.41) is 7.79. The zero-order valence-electron chi connectivity index (χ0n) is 10.7. The number of hydrogen-bond donors (Lipinski definition) is 0. The van der Waals surface area contributed by atoms with Crippen molar-refractivity contribution in [3.63, 3.8) is 0 Å². The molecule has 2 rings (SSSR count). The van der Waals surface area contributed by atoms with Gasteiger partial charge in [0.05, 0.1) is 0 Å². The molecule has 0 bridgehead atoms. The normalized spacial score (nSPS) is 26.9. The van der Waals surface area contributed by atoms with E-state index in [1.165, 1.54) is 42.0 Å². The first-order chi connectivity index (χ1) is 7.04. The molecule has 0 saturated heterocycles. The van der Waals surface area contributed by atoms with E-state index in [4.69, 9.17) is 0 Å². The van der Waals surface area contributed by atoms with Gasteiger partial charge in [0.15, 0.2) is 0 Å². The van der Waals surface area contributed by atoms with E-state index in [-0.39, 0.29) is 0 Å². The summed E-state index contributed by atoms with van der Waals surface area (Å²) in [5.41, 5.74) is 5.48. The van der Waals surface area contributed by atoms with Crippen molar-refractivity contribution in [1.82, 2.24) is 0 Å². The summed E-state index contributed by atoms with van der Waals surface area (Å²) in [6.45, 7) is 0. The molecule has 0 aromatic carbocycles. The quantitative estimate of drug-likeness (QED) is 0.661. The fraction of sp³-hybridized carbons (Fsp3) is 0.692. The van der Waals surface area contributed by atoms with Gasteiger partial charge in [-0.2, -0.15) is 0 Å². The first-order valence-electron chi connectivity index (χ1n) is 6.46. The van der Waals surface area contributed by atoms with E-state index in [9.17, 15) is 0 Å². The van der Waals surface area contributed by atoms with Crippen LogP contribution in [-0.2, 0) is 16.6 Å². The molecule has 84 valence electrons. The summed E-state index contributed by atoms with van der Waals surface area (Å²) in [4.78, 5) is 0. The van der Waals surface area contributed by atoms with E-state index in [0.717, 1.165) is 4.22 Å². The van der Waals surface area contributed by atoms with E-state index in [1.54, 1.807) is 5.57 Å². The number of allylic oxidation sites excluding steroid dienone is 4. The van der Waals surface area contributed by atoms with Gasteiger partial charge in [0.2, 0.25) is 0 Å². The molecule has 2 aliphatic carbocycles. The fourth-order valence-electron chi connectivity index (χ4n) is 3.36. The molecule has 0 aromatic rings. The molecule has 1 atom stereocenters. The minimum absolute atomic E-state index is 0.970. The number of rotatable bonds is 2. The van der Waals surface area contributed by atoms with Crippen molar-refractivity contribution in [3.05, 3.63) is 22.8 Å². The Morgan fingerprint density at radius 1 is 1.27 bits per heavy atom. The van der Waals surface area contributed by atoms with E-state index >= 15 is 0 Å². The third kappa shape index (κ3) is 2.25. The third-order valence-corrected chi connectivity index (χ3v) is 8.55. The Labute approximate surface area is 101 Å². The van der Waals surface area contributed by atoms with E-state index in [0.29, 0.717) is 0 Å². The van der Waals surface area contributed by atoms with Crippen LogP contribution >= 0.6 is 0 Å². The number of hydrogen-bond acceptors (Lipinski definition) is 0. The van der Waals surface area contributed by atoms with Gasteiger partial charge in [-0.1, -0.05) is 0 Å². The van der Waals surface area contributed by atoms with Gasteiger partial charge in [0.25, 0.3) is 0 Å². The average Bonchev–Trinajstić information content (AvgIpc) is 2.54. The molecule has 0 heterocycles. The van der Waals surface area contributed by atoms with Crippen LogP contribution < -0.4 is 0 Å². The molecule has 0 aromatic heterocycles. The second-order valence-electron chi connectivity index (χ2n) is 6.13. The van der Waals surface area contributed by atoms with Crippen LogP contribution in [0.25, 0.3) is 0 Å². The standard InChI is InChI=1S/C10H15Si.3CH3.Ti/c11-7-8-5-9-3-1-2-4-10(9)6-8;;;;/h5-6H,1-4,7H2,11H3;3*1H3;. The predicted octanol–water partition coefficient (Wildman–Crippen LogP) is 3.67. The van der Waals surface area contributed by atoms with Crippen LogP contribution in [0.2, 0.25) is 26.0 Å². The van der Waals surface area contributed by atoms with Gasteiger partial charge >= 0.3 is 101 Å². The molecule has 0 nitrogen and oxygen atoms in total. The summed E-state index contributed by atoms with van der Waals surface area (Å²) >= 11 is -1.53. The van der Waals surface area contributed by atoms with Crippen molar-refractivity contribution < 1.29 is 16.6 Å². The Balaban J connectivity index is 2.34. The minimum atomic E-state index is -1.53. The summed E-state index contributed by atoms with van der Waals surface area (Å²) in [6, 6.07) is 1.42. The molecule has 2 heteroatoms. The molecule has 2 aliphatic rings. The molecular weight excluding hydrogens is 232 g/mol. The first-order valence-corrected chi connectivity index (χ1v) is 13.5. The molecule has 0 radical (unpaired) electrons. The molecule has 0 N–H and O–H groups in total. The van der Waals surface area contributed by atoms with Gasteiger partial charge in [0, 0.05) is 0 Å². The SMILES string of the molecule is [CH3][Ti]([CH3])([CH3])[CH]1C(C[SiH3])=CC2=C1CCCC2. The molecule has 0 saturated carbocycles. The average molecular weight is 256 g/mol. The van der Waals surface area contributed by atoms with Gasteiger partial charge in [-0.25, -0.2) is 0 Å². The summed E-state index contributed by atoms with van der Waals surface area (Å²) in [7, 11) is 1.35. The second kappa shape index (κ2) is 4.35. The zero-order chi connectivity index (χ0) is 11.1. The van der Waals surface area contributed by atoms with E-state index in [1.807, 2.05) is 11.1 Å². The first kappa shape index (κ1) is 11.9. The predicted molar refractivity (Wildman–Crippen MR) is 69.7 cm³/mol. The maximum atomic E-state index is 2.60. The van der Waals surface area contributed by atoms with Crippen LogP contribution in [0.1, 0.15) is 25.7 Å². The van der Waals surface area contributed by atoms with E-state index in [2.05, 4.69) is 21.8 Å². The van der Waals surface area contributed by atoms with Crippen LogP contribution in [0.5, 0.6) is 0 Å². The van der Waals surface area contributed by atoms with E-state index < -0.39 is 16.6 Å². The molecule has 0 spiro atoms. The topological polar surface area (TPSA) is 0 Å². The Bertz CT molecular complexity index is 320. The van der Waals surface area contributed by atoms with Crippen molar-refractivity contribution in [2.45, 2.75) is 51.6 Å². The van der Waals surface area contributed by atoms with Crippen LogP contribution in [0.4, 0.5) is 0 Å². The molecule has 15 heavy (non-hydrogen) atoms. The van der Waals surface area contributed by atoms with Gasteiger partial charge < -0.3 is 0 Å². The Morgan fingerprint density at radius 3 is 2.53 bits per heavy atom. The molecule has 0 fully saturated rings. The van der Waals surface area contributed by atoms with Gasteiger partial charge in [-0.3, -0.25) is 0 Å². The monoisotopic (exact) mass is 256 g/mol. The van der Waals surface area contributed by atoms with Crippen LogP contribution in [-0.4, -0.2) is 10.2 Å². The van der Waals surface area contributed by atoms with Gasteiger partial charge in [-0.05, 0) is 0 Å². The molecule has 0 aliphatic heterocycles. The van der Waals surface area contributed by atoms with Crippen molar-refractivity contribution in [2.75, 3.05) is 0 Å². The van der Waals surface area contributed by atoms with Crippen LogP contribution in [0.15, 0.2) is 22.8 Å². The molecular formula is C13H24SiTi. The second-order valence-corrected chi connectivity index (χ2v) is 15.1. The van der Waals surface area contributed by atoms with Crippen LogP contribution in [0.3, 0.4) is 0 Å². The van der Waals surface area contributed by atoms with Crippen LogP contribution in [0, 0.1) is 0 Å². The Hall–Kier alpha value is 0.411. The fourth-order valence-corrected chi connectivity index (χ4v) is 8.95. The van der Waals surface area contributed by atoms with Crippen molar-refractivity contribution in [1.29, 1.82) is 0 Å². The van der Waals surface area contributed by atoms with Gasteiger partial charge in [-0.15, -0.1) is 0 Å². The van der Waals surface area contributed by atoms with Crippen molar-refractivity contribution in [3.8, 4) is 0 Å². The maximum absolute atomic E-state index is 2.60. The summed E-state index contributed by atoms with van der Waals surface area (Å²) in [5.74, 6) is 0. The molecule has 0 amide bonds. The summed E-state index contributed by atoms with van der Waals surface area (Å²) in [6.07, 6.45) is 8.30. The zero-order valence-corrected chi connectivity index (χ0v) is 14.3. The Kier molecular flexibility index (Phi) is 3.45. The van der Waals surface area contributed by atoms with Crippen molar-refractivity contribution in [2.24, 2.45) is 0 Å². The Morgan fingerprint density at radius 2 is 1.93 bits per heavy atom. The third-order valence-electron chi connectivity index (χ3n) is 3.91.